The second-order valence-corrected chi connectivity index (χ2v) is 6.39. The Bertz CT molecular complexity index is 1070. The Morgan fingerprint density at radius 2 is 1.86 bits per heavy atom. The number of rotatable bonds is 6. The van der Waals surface area contributed by atoms with E-state index < -0.39 is 0 Å². The minimum Gasteiger partial charge on any atom is -0.484 e. The van der Waals surface area contributed by atoms with Gasteiger partial charge in [0.25, 0.3) is 5.91 Å². The van der Waals surface area contributed by atoms with Crippen LogP contribution in [0, 0.1) is 0 Å². The van der Waals surface area contributed by atoms with Crippen LogP contribution >= 0.6 is 0 Å². The van der Waals surface area contributed by atoms with Crippen molar-refractivity contribution in [2.24, 2.45) is 0 Å². The van der Waals surface area contributed by atoms with Crippen molar-refractivity contribution in [1.82, 2.24) is 25.5 Å². The molecule has 7 nitrogen and oxygen atoms in total. The summed E-state index contributed by atoms with van der Waals surface area (Å²) in [4.78, 5) is 12.3. The summed E-state index contributed by atoms with van der Waals surface area (Å²) in [6.07, 6.45) is 1.51. The maximum Gasteiger partial charge on any atom is 0.258 e. The molecule has 0 bridgehead atoms. The van der Waals surface area contributed by atoms with E-state index in [9.17, 15) is 4.79 Å². The average Bonchev–Trinajstić information content (AvgIpc) is 3.27. The number of nitrogens with one attached hydrogen (secondary N) is 1. The van der Waals surface area contributed by atoms with Gasteiger partial charge in [0, 0.05) is 0 Å². The maximum absolute atomic E-state index is 12.3. The molecule has 0 aliphatic heterocycles. The molecule has 1 heterocycles. The highest BCUT2D eigenvalue weighted by atomic mass is 16.5. The van der Waals surface area contributed by atoms with Gasteiger partial charge < -0.3 is 10.1 Å². The lowest BCUT2D eigenvalue weighted by Crippen LogP contribution is -2.31. The zero-order valence-electron chi connectivity index (χ0n) is 15.3. The molecule has 1 aromatic heterocycles. The third-order valence-electron chi connectivity index (χ3n) is 4.49. The summed E-state index contributed by atoms with van der Waals surface area (Å²) in [5.41, 5.74) is 1.89. The molecule has 1 N–H and O–H groups in total. The lowest BCUT2D eigenvalue weighted by molar-refractivity contribution is -0.123. The van der Waals surface area contributed by atoms with Crippen LogP contribution in [0.15, 0.2) is 73.1 Å². The monoisotopic (exact) mass is 373 g/mol. The molecule has 0 radical (unpaired) electrons. The van der Waals surface area contributed by atoms with Crippen LogP contribution in [0.2, 0.25) is 0 Å². The number of hydrogen-bond acceptors (Lipinski definition) is 5. The third-order valence-corrected chi connectivity index (χ3v) is 4.49. The van der Waals surface area contributed by atoms with Gasteiger partial charge in [-0.25, -0.2) is 4.68 Å². The van der Waals surface area contributed by atoms with Gasteiger partial charge in [-0.15, -0.1) is 5.10 Å². The molecule has 3 aromatic carbocycles. The van der Waals surface area contributed by atoms with Crippen molar-refractivity contribution in [3.05, 3.63) is 78.6 Å². The first-order valence-electron chi connectivity index (χ1n) is 8.94. The molecule has 0 saturated carbocycles. The van der Waals surface area contributed by atoms with Crippen LogP contribution in [0.4, 0.5) is 0 Å². The van der Waals surface area contributed by atoms with E-state index in [1.54, 1.807) is 16.8 Å². The average molecular weight is 373 g/mol. The van der Waals surface area contributed by atoms with E-state index in [4.69, 9.17) is 4.74 Å². The molecule has 4 rings (SSSR count). The van der Waals surface area contributed by atoms with E-state index in [0.717, 1.165) is 22.0 Å². The Morgan fingerprint density at radius 1 is 1.07 bits per heavy atom. The zero-order valence-corrected chi connectivity index (χ0v) is 15.3. The summed E-state index contributed by atoms with van der Waals surface area (Å²) >= 11 is 0. The quantitative estimate of drug-likeness (QED) is 0.562. The molecular formula is C21H19N5O2. The number of tetrazole rings is 1. The fourth-order valence-corrected chi connectivity index (χ4v) is 3.11. The predicted octanol–water partition coefficient (Wildman–Crippen LogP) is 3.07. The number of fused-ring (bicyclic) bond motifs is 1. The van der Waals surface area contributed by atoms with Crippen LogP contribution in [-0.2, 0) is 4.79 Å². The van der Waals surface area contributed by atoms with Crippen molar-refractivity contribution in [3.8, 4) is 11.4 Å². The van der Waals surface area contributed by atoms with Crippen LogP contribution in [0.3, 0.4) is 0 Å². The van der Waals surface area contributed by atoms with Gasteiger partial charge >= 0.3 is 0 Å². The van der Waals surface area contributed by atoms with Crippen LogP contribution in [0.25, 0.3) is 16.5 Å². The largest absolute Gasteiger partial charge is 0.484 e. The van der Waals surface area contributed by atoms with Crippen molar-refractivity contribution in [2.45, 2.75) is 13.0 Å². The molecule has 0 aliphatic carbocycles. The number of carbonyl (C=O) groups is 1. The van der Waals surface area contributed by atoms with Gasteiger partial charge in [0.05, 0.1) is 11.7 Å². The molecule has 1 amide bonds. The summed E-state index contributed by atoms with van der Waals surface area (Å²) in [7, 11) is 0. The van der Waals surface area contributed by atoms with E-state index in [1.807, 2.05) is 43.3 Å². The predicted molar refractivity (Wildman–Crippen MR) is 105 cm³/mol. The first kappa shape index (κ1) is 17.7. The molecule has 0 unspecified atom stereocenters. The molecule has 7 heteroatoms. The van der Waals surface area contributed by atoms with Gasteiger partial charge in [0.2, 0.25) is 0 Å². The molecule has 140 valence electrons. The number of aromatic nitrogens is 4. The summed E-state index contributed by atoms with van der Waals surface area (Å²) < 4.78 is 7.14. The van der Waals surface area contributed by atoms with E-state index in [1.165, 1.54) is 6.33 Å². The molecule has 1 atom stereocenters. The molecule has 0 saturated heterocycles. The molecule has 0 aliphatic rings. The number of carbonyl (C=O) groups excluding carboxylic acids is 1. The number of ether oxygens (including phenoxy) is 1. The summed E-state index contributed by atoms with van der Waals surface area (Å²) in [5.74, 6) is 0.426. The van der Waals surface area contributed by atoms with E-state index >= 15 is 0 Å². The van der Waals surface area contributed by atoms with Crippen molar-refractivity contribution >= 4 is 16.7 Å². The highest BCUT2D eigenvalue weighted by molar-refractivity contribution is 5.87. The third kappa shape index (κ3) is 3.83. The summed E-state index contributed by atoms with van der Waals surface area (Å²) in [6.45, 7) is 1.92. The fraction of sp³-hybridized carbons (Fsp3) is 0.143. The Morgan fingerprint density at radius 3 is 2.64 bits per heavy atom. The summed E-state index contributed by atoms with van der Waals surface area (Å²) in [5, 5.41) is 16.3. The minimum atomic E-state index is -0.176. The second kappa shape index (κ2) is 7.87. The highest BCUT2D eigenvalue weighted by Crippen LogP contribution is 2.24. The second-order valence-electron chi connectivity index (χ2n) is 6.39. The standard InChI is InChI=1S/C21H19N5O2/c1-15(19-8-4-6-16-5-2-3-7-20(16)19)23-21(27)13-28-18-11-9-17(10-12-18)26-14-22-24-25-26/h2-12,14-15H,13H2,1H3,(H,23,27)/t15-/m1/s1. The van der Waals surface area contributed by atoms with Gasteiger partial charge in [-0.05, 0) is 58.0 Å². The lowest BCUT2D eigenvalue weighted by atomic mass is 10.00. The lowest BCUT2D eigenvalue weighted by Gasteiger charge is -2.17. The van der Waals surface area contributed by atoms with Crippen LogP contribution < -0.4 is 10.1 Å². The Kier molecular flexibility index (Phi) is 4.97. The Labute approximate surface area is 161 Å². The van der Waals surface area contributed by atoms with Crippen molar-refractivity contribution in [3.63, 3.8) is 0 Å². The fourth-order valence-electron chi connectivity index (χ4n) is 3.11. The molecule has 0 fully saturated rings. The van der Waals surface area contributed by atoms with Gasteiger partial charge in [0.15, 0.2) is 6.61 Å². The van der Waals surface area contributed by atoms with Gasteiger partial charge in [-0.1, -0.05) is 42.5 Å². The first-order valence-corrected chi connectivity index (χ1v) is 8.94. The van der Waals surface area contributed by atoms with Crippen LogP contribution in [0.5, 0.6) is 5.75 Å². The number of nitrogens with zero attached hydrogens (tertiary/aromatic N) is 4. The van der Waals surface area contributed by atoms with Crippen molar-refractivity contribution in [1.29, 1.82) is 0 Å². The minimum absolute atomic E-state index is 0.0562. The van der Waals surface area contributed by atoms with Crippen molar-refractivity contribution in [2.75, 3.05) is 6.61 Å². The Balaban J connectivity index is 1.36. The van der Waals surface area contributed by atoms with E-state index in [-0.39, 0.29) is 18.6 Å². The smallest absolute Gasteiger partial charge is 0.258 e. The van der Waals surface area contributed by atoms with Gasteiger partial charge in [0.1, 0.15) is 12.1 Å². The molecule has 28 heavy (non-hydrogen) atoms. The highest BCUT2D eigenvalue weighted by Gasteiger charge is 2.12. The van der Waals surface area contributed by atoms with Crippen LogP contribution in [0.1, 0.15) is 18.5 Å². The number of amides is 1. The molecule has 4 aromatic rings. The van der Waals surface area contributed by atoms with Crippen LogP contribution in [-0.4, -0.2) is 32.7 Å². The topological polar surface area (TPSA) is 81.9 Å². The number of benzene rings is 3. The SMILES string of the molecule is C[C@@H](NC(=O)COc1ccc(-n2cnnn2)cc1)c1cccc2ccccc12. The van der Waals surface area contributed by atoms with E-state index in [2.05, 4.69) is 39.0 Å². The van der Waals surface area contributed by atoms with E-state index in [0.29, 0.717) is 5.75 Å². The number of hydrogen-bond donors (Lipinski definition) is 1. The molecule has 0 spiro atoms. The van der Waals surface area contributed by atoms with Gasteiger partial charge in [-0.2, -0.15) is 0 Å². The summed E-state index contributed by atoms with van der Waals surface area (Å²) in [6, 6.07) is 21.3. The van der Waals surface area contributed by atoms with Gasteiger partial charge in [-0.3, -0.25) is 4.79 Å². The Hall–Kier alpha value is -3.74. The van der Waals surface area contributed by atoms with Crippen molar-refractivity contribution < 1.29 is 9.53 Å². The normalized spacial score (nSPS) is 11.9. The first-order chi connectivity index (χ1) is 13.7. The maximum atomic E-state index is 12.3. The zero-order chi connectivity index (χ0) is 19.3. The molecular weight excluding hydrogens is 354 g/mol.